The van der Waals surface area contributed by atoms with Crippen molar-refractivity contribution < 1.29 is 4.39 Å². The molecule has 0 amide bonds. The average Bonchev–Trinajstić information content (AvgIpc) is 3.45. The summed E-state index contributed by atoms with van der Waals surface area (Å²) in [6.45, 7) is 4.57. The smallest absolute Gasteiger partial charge is 0.326 e. The summed E-state index contributed by atoms with van der Waals surface area (Å²) in [4.78, 5) is 11.6. The first kappa shape index (κ1) is 26.7. The predicted molar refractivity (Wildman–Crippen MR) is 142 cm³/mol. The number of hydrogen-bond donors (Lipinski definition) is 1. The van der Waals surface area contributed by atoms with Crippen LogP contribution in [0.1, 0.15) is 70.1 Å². The molecular formula is C28H40FN5O. The molecule has 1 fully saturated rings. The Hall–Kier alpha value is -2.93. The van der Waals surface area contributed by atoms with Gasteiger partial charge in [0.1, 0.15) is 5.82 Å². The highest BCUT2D eigenvalue weighted by molar-refractivity contribution is 5.77. The van der Waals surface area contributed by atoms with Crippen LogP contribution in [0.5, 0.6) is 0 Å². The highest BCUT2D eigenvalue weighted by Crippen LogP contribution is 2.26. The third-order valence-electron chi connectivity index (χ3n) is 6.94. The minimum Gasteiger partial charge on any atom is -0.326 e. The van der Waals surface area contributed by atoms with Crippen molar-refractivity contribution in [3.63, 3.8) is 0 Å². The average molecular weight is 482 g/mol. The number of pyridine rings is 1. The minimum absolute atomic E-state index is 0.130. The summed E-state index contributed by atoms with van der Waals surface area (Å²) in [5.41, 5.74) is 9.36. The maximum atomic E-state index is 13.4. The van der Waals surface area contributed by atoms with Crippen LogP contribution in [-0.2, 0) is 27.1 Å². The third kappa shape index (κ3) is 6.40. The van der Waals surface area contributed by atoms with E-state index in [0.717, 1.165) is 12.3 Å². The van der Waals surface area contributed by atoms with E-state index in [1.165, 1.54) is 71.4 Å². The van der Waals surface area contributed by atoms with Crippen molar-refractivity contribution in [1.29, 1.82) is 0 Å². The van der Waals surface area contributed by atoms with Gasteiger partial charge in [-0.2, -0.15) is 5.10 Å². The zero-order valence-electron chi connectivity index (χ0n) is 21.6. The number of fused-ring (bicyclic) bond motifs is 2. The number of aryl methyl sites for hydroxylation is 3. The molecule has 7 heteroatoms. The number of nitrogens with zero attached hydrogens (tertiary/aromatic N) is 4. The van der Waals surface area contributed by atoms with E-state index >= 15 is 0 Å². The van der Waals surface area contributed by atoms with Gasteiger partial charge in [-0.1, -0.05) is 64.9 Å². The van der Waals surface area contributed by atoms with Crippen molar-refractivity contribution in [2.24, 2.45) is 25.7 Å². The molecule has 35 heavy (non-hydrogen) atoms. The summed E-state index contributed by atoms with van der Waals surface area (Å²) in [6.07, 6.45) is 13.3. The Morgan fingerprint density at radius 2 is 1.71 bits per heavy atom. The number of hydrogen-bond acceptors (Lipinski definition) is 3. The third-order valence-corrected chi connectivity index (χ3v) is 6.94. The molecule has 1 aliphatic rings. The van der Waals surface area contributed by atoms with Crippen LogP contribution in [0, 0.1) is 11.7 Å². The molecule has 6 nitrogen and oxygen atoms in total. The molecule has 1 saturated carbocycles. The van der Waals surface area contributed by atoms with Crippen molar-refractivity contribution in [3.05, 3.63) is 70.2 Å². The maximum absolute atomic E-state index is 13.4. The van der Waals surface area contributed by atoms with Crippen molar-refractivity contribution >= 4 is 16.6 Å². The van der Waals surface area contributed by atoms with Crippen LogP contribution in [0.15, 0.2) is 47.4 Å². The Bertz CT molecular complexity index is 1280. The van der Waals surface area contributed by atoms with Gasteiger partial charge in [-0.15, -0.1) is 0 Å². The zero-order valence-corrected chi connectivity index (χ0v) is 21.6. The fourth-order valence-corrected chi connectivity index (χ4v) is 4.88. The van der Waals surface area contributed by atoms with E-state index in [1.54, 1.807) is 20.2 Å². The van der Waals surface area contributed by atoms with E-state index in [0.29, 0.717) is 16.6 Å². The van der Waals surface area contributed by atoms with Gasteiger partial charge in [0.25, 0.3) is 0 Å². The molecule has 0 radical (unpaired) electrons. The quantitative estimate of drug-likeness (QED) is 0.404. The molecule has 0 saturated heterocycles. The van der Waals surface area contributed by atoms with Crippen molar-refractivity contribution in [3.8, 4) is 0 Å². The lowest BCUT2D eigenvalue weighted by atomic mass is 9.86. The SMILES string of the molecule is CCCC1CCCCC1.CCc1cccc2ccnn12.Cn1c(=O)n(C)c2cc(CN)c(F)cc21. The lowest BCUT2D eigenvalue weighted by molar-refractivity contribution is 0.336. The normalized spacial score (nSPS) is 13.9. The van der Waals surface area contributed by atoms with Crippen LogP contribution in [0.2, 0.25) is 0 Å². The molecule has 3 aromatic heterocycles. The monoisotopic (exact) mass is 481 g/mol. The van der Waals surface area contributed by atoms with Gasteiger partial charge in [0.05, 0.1) is 16.6 Å². The molecule has 3 heterocycles. The highest BCUT2D eigenvalue weighted by Gasteiger charge is 2.12. The molecule has 5 rings (SSSR count). The van der Waals surface area contributed by atoms with Gasteiger partial charge >= 0.3 is 5.69 Å². The Morgan fingerprint density at radius 1 is 1.03 bits per heavy atom. The number of imidazole rings is 1. The van der Waals surface area contributed by atoms with E-state index in [1.807, 2.05) is 16.8 Å². The molecule has 190 valence electrons. The van der Waals surface area contributed by atoms with E-state index in [4.69, 9.17) is 5.73 Å². The van der Waals surface area contributed by atoms with E-state index in [-0.39, 0.29) is 18.1 Å². The van der Waals surface area contributed by atoms with Crippen LogP contribution < -0.4 is 11.4 Å². The van der Waals surface area contributed by atoms with Gasteiger partial charge in [-0.3, -0.25) is 9.13 Å². The number of benzene rings is 1. The Balaban J connectivity index is 0.000000152. The standard InChI is InChI=1S/C10H12FN3O.C9H10N2.C9H18/c1-13-8-3-6(5-12)7(11)4-9(8)14(2)10(13)15;1-2-8-4-3-5-9-6-7-10-11(8)9;1-2-6-9-7-4-3-5-8-9/h3-4H,5,12H2,1-2H3;3-7H,2H2,1H3;9H,2-8H2,1H3. The summed E-state index contributed by atoms with van der Waals surface area (Å²) in [5, 5.41) is 4.21. The summed E-state index contributed by atoms with van der Waals surface area (Å²) in [7, 11) is 3.27. The van der Waals surface area contributed by atoms with Crippen LogP contribution >= 0.6 is 0 Å². The van der Waals surface area contributed by atoms with Crippen LogP contribution in [0.3, 0.4) is 0 Å². The summed E-state index contributed by atoms with van der Waals surface area (Å²) < 4.78 is 18.3. The lowest BCUT2D eigenvalue weighted by Gasteiger charge is -2.20. The van der Waals surface area contributed by atoms with E-state index in [9.17, 15) is 9.18 Å². The molecule has 1 aromatic carbocycles. The number of aromatic nitrogens is 4. The van der Waals surface area contributed by atoms with Crippen molar-refractivity contribution in [2.75, 3.05) is 0 Å². The molecule has 0 unspecified atom stereocenters. The van der Waals surface area contributed by atoms with Crippen LogP contribution in [-0.4, -0.2) is 18.7 Å². The first-order valence-electron chi connectivity index (χ1n) is 12.9. The van der Waals surface area contributed by atoms with Gasteiger partial charge in [-0.25, -0.2) is 13.7 Å². The topological polar surface area (TPSA) is 70.2 Å². The molecule has 0 spiro atoms. The molecule has 1 aliphatic carbocycles. The van der Waals surface area contributed by atoms with E-state index in [2.05, 4.69) is 37.1 Å². The summed E-state index contributed by atoms with van der Waals surface area (Å²) in [5.74, 6) is 0.731. The number of rotatable bonds is 4. The molecule has 2 N–H and O–H groups in total. The highest BCUT2D eigenvalue weighted by atomic mass is 19.1. The van der Waals surface area contributed by atoms with Gasteiger partial charge in [0.15, 0.2) is 0 Å². The maximum Gasteiger partial charge on any atom is 0.328 e. The molecular weight excluding hydrogens is 441 g/mol. The molecule has 0 bridgehead atoms. The van der Waals surface area contributed by atoms with Gasteiger partial charge in [-0.05, 0) is 36.6 Å². The second-order valence-electron chi connectivity index (χ2n) is 9.37. The minimum atomic E-state index is -0.369. The second-order valence-corrected chi connectivity index (χ2v) is 9.37. The summed E-state index contributed by atoms with van der Waals surface area (Å²) >= 11 is 0. The van der Waals surface area contributed by atoms with Gasteiger partial charge in [0.2, 0.25) is 0 Å². The van der Waals surface area contributed by atoms with Gasteiger partial charge in [0, 0.05) is 44.2 Å². The first-order chi connectivity index (χ1) is 16.9. The lowest BCUT2D eigenvalue weighted by Crippen LogP contribution is -2.19. The van der Waals surface area contributed by atoms with Gasteiger partial charge < -0.3 is 5.73 Å². The zero-order chi connectivity index (χ0) is 25.4. The molecule has 0 aliphatic heterocycles. The number of halogens is 1. The van der Waals surface area contributed by atoms with Crippen LogP contribution in [0.25, 0.3) is 16.6 Å². The number of nitrogens with two attached hydrogens (primary N) is 1. The molecule has 0 atom stereocenters. The predicted octanol–water partition coefficient (Wildman–Crippen LogP) is 5.74. The van der Waals surface area contributed by atoms with Crippen molar-refractivity contribution in [2.45, 2.75) is 71.8 Å². The Labute approximate surface area is 207 Å². The molecule has 4 aromatic rings. The Morgan fingerprint density at radius 3 is 2.34 bits per heavy atom. The van der Waals surface area contributed by atoms with Crippen molar-refractivity contribution in [1.82, 2.24) is 18.7 Å². The Kier molecular flexibility index (Phi) is 9.66. The van der Waals surface area contributed by atoms with Crippen LogP contribution in [0.4, 0.5) is 4.39 Å². The van der Waals surface area contributed by atoms with E-state index < -0.39 is 0 Å². The first-order valence-corrected chi connectivity index (χ1v) is 12.9. The fraction of sp³-hybridized carbons (Fsp3) is 0.500. The second kappa shape index (κ2) is 12.7. The fourth-order valence-electron chi connectivity index (χ4n) is 4.88. The summed E-state index contributed by atoms with van der Waals surface area (Å²) in [6, 6.07) is 11.2. The largest absolute Gasteiger partial charge is 0.328 e.